The lowest BCUT2D eigenvalue weighted by Gasteiger charge is -2.45. The van der Waals surface area contributed by atoms with Crippen molar-refractivity contribution in [2.24, 2.45) is 5.41 Å². The summed E-state index contributed by atoms with van der Waals surface area (Å²) in [5.41, 5.74) is -0.385. The first-order chi connectivity index (χ1) is 13.9. The molecule has 1 aromatic carbocycles. The minimum Gasteiger partial charge on any atom is -0.491 e. The van der Waals surface area contributed by atoms with Crippen LogP contribution in [0.3, 0.4) is 0 Å². The number of benzene rings is 1. The SMILES string of the molecule is CC1(C(=O)N2CCC(N3CC(COc4ccc(F)cc4)OCC3=O)CC2)COC1. The molecule has 0 saturated carbocycles. The molecule has 0 radical (unpaired) electrons. The fourth-order valence-corrected chi connectivity index (χ4v) is 4.11. The second-order valence-electron chi connectivity index (χ2n) is 8.32. The van der Waals surface area contributed by atoms with E-state index in [2.05, 4.69) is 0 Å². The van der Waals surface area contributed by atoms with Gasteiger partial charge in [-0.15, -0.1) is 0 Å². The first-order valence-electron chi connectivity index (χ1n) is 10.1. The van der Waals surface area contributed by atoms with Crippen molar-refractivity contribution in [2.75, 3.05) is 46.1 Å². The topological polar surface area (TPSA) is 68.3 Å². The number of piperidine rings is 1. The molecule has 1 aromatic rings. The van der Waals surface area contributed by atoms with Crippen LogP contribution in [0.15, 0.2) is 24.3 Å². The molecule has 1 atom stereocenters. The zero-order valence-corrected chi connectivity index (χ0v) is 16.6. The first kappa shape index (κ1) is 20.1. The van der Waals surface area contributed by atoms with E-state index >= 15 is 0 Å². The van der Waals surface area contributed by atoms with Crippen LogP contribution in [0.1, 0.15) is 19.8 Å². The maximum atomic E-state index is 13.0. The quantitative estimate of drug-likeness (QED) is 0.741. The summed E-state index contributed by atoms with van der Waals surface area (Å²) >= 11 is 0. The Morgan fingerprint density at radius 1 is 1.24 bits per heavy atom. The van der Waals surface area contributed by atoms with Gasteiger partial charge in [-0.25, -0.2) is 4.39 Å². The van der Waals surface area contributed by atoms with Gasteiger partial charge in [-0.3, -0.25) is 9.59 Å². The maximum Gasteiger partial charge on any atom is 0.248 e. The van der Waals surface area contributed by atoms with Crippen molar-refractivity contribution < 1.29 is 28.2 Å². The van der Waals surface area contributed by atoms with Crippen molar-refractivity contribution >= 4 is 11.8 Å². The van der Waals surface area contributed by atoms with Gasteiger partial charge in [0, 0.05) is 19.1 Å². The highest BCUT2D eigenvalue weighted by molar-refractivity contribution is 5.83. The van der Waals surface area contributed by atoms with E-state index in [1.165, 1.54) is 12.1 Å². The Bertz CT molecular complexity index is 744. The lowest BCUT2D eigenvalue weighted by atomic mass is 9.86. The van der Waals surface area contributed by atoms with Gasteiger partial charge in [-0.1, -0.05) is 0 Å². The largest absolute Gasteiger partial charge is 0.491 e. The standard InChI is InChI=1S/C21H27FN2O5/c1-21(13-27-14-21)20(26)23-8-6-16(7-9-23)24-10-18(29-12-19(24)25)11-28-17-4-2-15(22)3-5-17/h2-5,16,18H,6-14H2,1H3. The fraction of sp³-hybridized carbons (Fsp3) is 0.619. The second kappa shape index (κ2) is 8.28. The number of carbonyl (C=O) groups excluding carboxylic acids is 2. The third kappa shape index (κ3) is 4.38. The van der Waals surface area contributed by atoms with Gasteiger partial charge in [-0.2, -0.15) is 0 Å². The average molecular weight is 406 g/mol. The van der Waals surface area contributed by atoms with Crippen LogP contribution in [0.4, 0.5) is 4.39 Å². The summed E-state index contributed by atoms with van der Waals surface area (Å²) in [7, 11) is 0. The summed E-state index contributed by atoms with van der Waals surface area (Å²) in [6, 6.07) is 5.94. The van der Waals surface area contributed by atoms with Gasteiger partial charge in [0.15, 0.2) is 0 Å². The van der Waals surface area contributed by atoms with Crippen molar-refractivity contribution in [1.29, 1.82) is 0 Å². The first-order valence-corrected chi connectivity index (χ1v) is 10.1. The van der Waals surface area contributed by atoms with Crippen molar-refractivity contribution in [2.45, 2.75) is 31.9 Å². The van der Waals surface area contributed by atoms with Gasteiger partial charge < -0.3 is 24.0 Å². The molecule has 29 heavy (non-hydrogen) atoms. The number of hydrogen-bond donors (Lipinski definition) is 0. The summed E-state index contributed by atoms with van der Waals surface area (Å²) in [6.45, 7) is 5.03. The van der Waals surface area contributed by atoms with Crippen LogP contribution in [0.2, 0.25) is 0 Å². The summed E-state index contributed by atoms with van der Waals surface area (Å²) in [5.74, 6) is 0.388. The van der Waals surface area contributed by atoms with Gasteiger partial charge >= 0.3 is 0 Å². The molecule has 158 valence electrons. The molecular formula is C21H27FN2O5. The van der Waals surface area contributed by atoms with E-state index in [9.17, 15) is 14.0 Å². The van der Waals surface area contributed by atoms with Crippen molar-refractivity contribution in [3.63, 3.8) is 0 Å². The molecule has 0 bridgehead atoms. The normalized spacial score (nSPS) is 24.9. The van der Waals surface area contributed by atoms with Crippen LogP contribution in [0, 0.1) is 11.2 Å². The van der Waals surface area contributed by atoms with Crippen molar-refractivity contribution in [3.05, 3.63) is 30.1 Å². The van der Waals surface area contributed by atoms with E-state index in [1.54, 1.807) is 12.1 Å². The molecule has 8 heteroatoms. The Kier molecular flexibility index (Phi) is 5.74. The highest BCUT2D eigenvalue weighted by atomic mass is 19.1. The molecule has 1 unspecified atom stereocenters. The molecule has 0 aliphatic carbocycles. The Morgan fingerprint density at radius 3 is 2.55 bits per heavy atom. The van der Waals surface area contributed by atoms with E-state index in [1.807, 2.05) is 16.7 Å². The van der Waals surface area contributed by atoms with Crippen LogP contribution >= 0.6 is 0 Å². The molecule has 0 aromatic heterocycles. The molecule has 3 saturated heterocycles. The van der Waals surface area contributed by atoms with Gasteiger partial charge in [0.1, 0.15) is 30.9 Å². The monoisotopic (exact) mass is 406 g/mol. The van der Waals surface area contributed by atoms with E-state index in [0.717, 1.165) is 12.8 Å². The Balaban J connectivity index is 1.28. The minimum atomic E-state index is -0.385. The van der Waals surface area contributed by atoms with Crippen LogP contribution < -0.4 is 4.74 Å². The van der Waals surface area contributed by atoms with E-state index < -0.39 is 0 Å². The van der Waals surface area contributed by atoms with Gasteiger partial charge in [0.2, 0.25) is 11.8 Å². The number of carbonyl (C=O) groups is 2. The van der Waals surface area contributed by atoms with Crippen LogP contribution in [0.25, 0.3) is 0 Å². The molecule has 7 nitrogen and oxygen atoms in total. The number of ether oxygens (including phenoxy) is 3. The Labute approximate surface area is 169 Å². The van der Waals surface area contributed by atoms with Crippen LogP contribution in [-0.4, -0.2) is 79.8 Å². The van der Waals surface area contributed by atoms with Crippen LogP contribution in [0.5, 0.6) is 5.75 Å². The molecule has 3 heterocycles. The summed E-state index contributed by atoms with van der Waals surface area (Å²) < 4.78 is 29.5. The Morgan fingerprint density at radius 2 is 1.93 bits per heavy atom. The molecule has 3 fully saturated rings. The van der Waals surface area contributed by atoms with Gasteiger partial charge in [0.25, 0.3) is 0 Å². The predicted molar refractivity (Wildman–Crippen MR) is 102 cm³/mol. The number of hydrogen-bond acceptors (Lipinski definition) is 5. The number of likely N-dealkylation sites (tertiary alicyclic amines) is 1. The molecule has 0 spiro atoms. The van der Waals surface area contributed by atoms with Gasteiger partial charge in [0.05, 0.1) is 25.2 Å². The highest BCUT2D eigenvalue weighted by Gasteiger charge is 2.45. The van der Waals surface area contributed by atoms with Gasteiger partial charge in [-0.05, 0) is 44.0 Å². The third-order valence-corrected chi connectivity index (χ3v) is 5.96. The molecule has 3 aliphatic heterocycles. The maximum absolute atomic E-state index is 13.0. The average Bonchev–Trinajstić information content (AvgIpc) is 2.72. The third-order valence-electron chi connectivity index (χ3n) is 5.96. The van der Waals surface area contributed by atoms with E-state index in [0.29, 0.717) is 45.2 Å². The number of rotatable bonds is 5. The van der Waals surface area contributed by atoms with Crippen LogP contribution in [-0.2, 0) is 19.1 Å². The van der Waals surface area contributed by atoms with Crippen molar-refractivity contribution in [1.82, 2.24) is 9.80 Å². The zero-order chi connectivity index (χ0) is 20.4. The van der Waals surface area contributed by atoms with E-state index in [-0.39, 0.29) is 41.8 Å². The number of nitrogens with zero attached hydrogens (tertiary/aromatic N) is 2. The lowest BCUT2D eigenvalue weighted by Crippen LogP contribution is -2.58. The van der Waals surface area contributed by atoms with E-state index in [4.69, 9.17) is 14.2 Å². The summed E-state index contributed by atoms with van der Waals surface area (Å²) in [4.78, 5) is 28.8. The Hall–Kier alpha value is -2.19. The molecule has 3 aliphatic rings. The van der Waals surface area contributed by atoms with Crippen molar-refractivity contribution in [3.8, 4) is 5.75 Å². The lowest BCUT2D eigenvalue weighted by molar-refractivity contribution is -0.171. The zero-order valence-electron chi connectivity index (χ0n) is 16.6. The smallest absolute Gasteiger partial charge is 0.248 e. The number of amides is 2. The summed E-state index contributed by atoms with van der Waals surface area (Å²) in [5, 5.41) is 0. The minimum absolute atomic E-state index is 0.0211. The fourth-order valence-electron chi connectivity index (χ4n) is 4.11. The summed E-state index contributed by atoms with van der Waals surface area (Å²) in [6.07, 6.45) is 1.29. The molecular weight excluding hydrogens is 379 g/mol. The highest BCUT2D eigenvalue weighted by Crippen LogP contribution is 2.31. The number of halogens is 1. The number of morpholine rings is 1. The second-order valence-corrected chi connectivity index (χ2v) is 8.32. The molecule has 4 rings (SSSR count). The molecule has 0 N–H and O–H groups in total. The predicted octanol–water partition coefficient (Wildman–Crippen LogP) is 1.46. The molecule has 2 amide bonds.